The van der Waals surface area contributed by atoms with Crippen LogP contribution >= 0.6 is 11.3 Å². The number of pyridine rings is 1. The summed E-state index contributed by atoms with van der Waals surface area (Å²) in [5.74, 6) is 0. The molecule has 25 heavy (non-hydrogen) atoms. The highest BCUT2D eigenvalue weighted by molar-refractivity contribution is 7.10. The van der Waals surface area contributed by atoms with Gasteiger partial charge >= 0.3 is 0 Å². The molecule has 0 amide bonds. The number of aromatic nitrogens is 1. The van der Waals surface area contributed by atoms with Crippen LogP contribution in [0.25, 0.3) is 0 Å². The van der Waals surface area contributed by atoms with Crippen molar-refractivity contribution in [2.45, 2.75) is 46.6 Å². The monoisotopic (exact) mass is 358 g/mol. The average molecular weight is 359 g/mol. The summed E-state index contributed by atoms with van der Waals surface area (Å²) in [5.41, 5.74) is 4.08. The second kappa shape index (κ2) is 8.43. The standard InChI is InChI=1S/C21H30N2OS/c1-4-24-16-21(8-7-20-11-17(2)14-25-20)9-10-23(15-21)13-19-6-5-18(3)22-12-19/h5-6,11-12,14H,4,7-10,13,15-16H2,1-3H3. The van der Waals surface area contributed by atoms with E-state index in [4.69, 9.17) is 4.74 Å². The zero-order chi connectivity index (χ0) is 17.7. The molecule has 1 saturated heterocycles. The fourth-order valence-corrected chi connectivity index (χ4v) is 4.61. The third-order valence-electron chi connectivity index (χ3n) is 5.20. The summed E-state index contributed by atoms with van der Waals surface area (Å²) in [5, 5.41) is 2.26. The van der Waals surface area contributed by atoms with E-state index in [1.165, 1.54) is 35.3 Å². The minimum Gasteiger partial charge on any atom is -0.381 e. The lowest BCUT2D eigenvalue weighted by molar-refractivity contribution is 0.0490. The molecule has 0 aromatic carbocycles. The Balaban J connectivity index is 1.61. The molecule has 1 unspecified atom stereocenters. The van der Waals surface area contributed by atoms with Crippen LogP contribution in [0.1, 0.15) is 41.5 Å². The van der Waals surface area contributed by atoms with Gasteiger partial charge in [-0.2, -0.15) is 0 Å². The Kier molecular flexibility index (Phi) is 6.26. The molecule has 1 fully saturated rings. The van der Waals surface area contributed by atoms with E-state index in [2.05, 4.69) is 47.3 Å². The summed E-state index contributed by atoms with van der Waals surface area (Å²) >= 11 is 1.90. The van der Waals surface area contributed by atoms with Gasteiger partial charge in [-0.15, -0.1) is 11.3 Å². The number of thiophene rings is 1. The van der Waals surface area contributed by atoms with Crippen LogP contribution in [0.5, 0.6) is 0 Å². The van der Waals surface area contributed by atoms with Crippen molar-refractivity contribution in [3.8, 4) is 0 Å². The van der Waals surface area contributed by atoms with Crippen molar-refractivity contribution in [2.24, 2.45) is 5.41 Å². The maximum atomic E-state index is 5.89. The molecule has 3 heterocycles. The lowest BCUT2D eigenvalue weighted by Gasteiger charge is -2.29. The van der Waals surface area contributed by atoms with Crippen LogP contribution in [0.2, 0.25) is 0 Å². The molecule has 0 aliphatic carbocycles. The molecule has 4 heteroatoms. The van der Waals surface area contributed by atoms with Crippen molar-refractivity contribution < 1.29 is 4.74 Å². The molecule has 136 valence electrons. The van der Waals surface area contributed by atoms with Crippen LogP contribution in [-0.4, -0.2) is 36.2 Å². The van der Waals surface area contributed by atoms with Crippen molar-refractivity contribution in [3.05, 3.63) is 51.5 Å². The Labute approximate surface area is 156 Å². The first kappa shape index (κ1) is 18.6. The second-order valence-corrected chi connectivity index (χ2v) is 8.49. The molecule has 0 saturated carbocycles. The Bertz CT molecular complexity index is 667. The van der Waals surface area contributed by atoms with E-state index in [0.29, 0.717) is 5.41 Å². The largest absolute Gasteiger partial charge is 0.381 e. The van der Waals surface area contributed by atoms with Gasteiger partial charge in [0, 0.05) is 41.9 Å². The third kappa shape index (κ3) is 5.13. The Hall–Kier alpha value is -1.23. The smallest absolute Gasteiger partial charge is 0.0535 e. The van der Waals surface area contributed by atoms with E-state index in [9.17, 15) is 0 Å². The summed E-state index contributed by atoms with van der Waals surface area (Å²) in [6.45, 7) is 11.3. The van der Waals surface area contributed by atoms with Crippen LogP contribution < -0.4 is 0 Å². The van der Waals surface area contributed by atoms with Gasteiger partial charge in [0.15, 0.2) is 0 Å². The summed E-state index contributed by atoms with van der Waals surface area (Å²) in [6.07, 6.45) is 5.64. The number of ether oxygens (including phenoxy) is 1. The molecule has 0 bridgehead atoms. The van der Waals surface area contributed by atoms with E-state index >= 15 is 0 Å². The Morgan fingerprint density at radius 3 is 2.88 bits per heavy atom. The van der Waals surface area contributed by atoms with Crippen molar-refractivity contribution in [2.75, 3.05) is 26.3 Å². The van der Waals surface area contributed by atoms with Crippen LogP contribution in [0.4, 0.5) is 0 Å². The minimum absolute atomic E-state index is 0.298. The second-order valence-electron chi connectivity index (χ2n) is 7.50. The molecule has 2 aromatic heterocycles. The molecular weight excluding hydrogens is 328 g/mol. The summed E-state index contributed by atoms with van der Waals surface area (Å²) in [7, 11) is 0. The fraction of sp³-hybridized carbons (Fsp3) is 0.571. The van der Waals surface area contributed by atoms with E-state index in [0.717, 1.165) is 38.5 Å². The van der Waals surface area contributed by atoms with Crippen molar-refractivity contribution >= 4 is 11.3 Å². The molecule has 0 N–H and O–H groups in total. The summed E-state index contributed by atoms with van der Waals surface area (Å²) in [4.78, 5) is 8.52. The molecule has 3 nitrogen and oxygen atoms in total. The van der Waals surface area contributed by atoms with Gasteiger partial charge in [0.2, 0.25) is 0 Å². The molecule has 0 radical (unpaired) electrons. The van der Waals surface area contributed by atoms with Crippen LogP contribution in [0.3, 0.4) is 0 Å². The van der Waals surface area contributed by atoms with Crippen molar-refractivity contribution in [3.63, 3.8) is 0 Å². The summed E-state index contributed by atoms with van der Waals surface area (Å²) < 4.78 is 5.89. The van der Waals surface area contributed by atoms with E-state index in [1.807, 2.05) is 24.5 Å². The lowest BCUT2D eigenvalue weighted by atomic mass is 9.83. The number of rotatable bonds is 8. The lowest BCUT2D eigenvalue weighted by Crippen LogP contribution is -2.32. The van der Waals surface area contributed by atoms with Crippen molar-refractivity contribution in [1.82, 2.24) is 9.88 Å². The number of hydrogen-bond donors (Lipinski definition) is 0. The molecule has 1 aliphatic heterocycles. The quantitative estimate of drug-likeness (QED) is 0.688. The normalized spacial score (nSPS) is 21.1. The van der Waals surface area contributed by atoms with E-state index in [1.54, 1.807) is 0 Å². The van der Waals surface area contributed by atoms with Gasteiger partial charge in [-0.1, -0.05) is 6.07 Å². The predicted molar refractivity (Wildman–Crippen MR) is 105 cm³/mol. The first-order chi connectivity index (χ1) is 12.1. The Morgan fingerprint density at radius 2 is 2.20 bits per heavy atom. The molecule has 1 atom stereocenters. The van der Waals surface area contributed by atoms with Gasteiger partial charge in [-0.05, 0) is 75.2 Å². The van der Waals surface area contributed by atoms with Gasteiger partial charge in [-0.3, -0.25) is 9.88 Å². The predicted octanol–water partition coefficient (Wildman–Crippen LogP) is 4.62. The van der Waals surface area contributed by atoms with Gasteiger partial charge < -0.3 is 4.74 Å². The van der Waals surface area contributed by atoms with Crippen LogP contribution in [0.15, 0.2) is 29.8 Å². The number of likely N-dealkylation sites (tertiary alicyclic amines) is 1. The van der Waals surface area contributed by atoms with Gasteiger partial charge in [0.05, 0.1) is 6.61 Å². The number of hydrogen-bond acceptors (Lipinski definition) is 4. The molecule has 1 aliphatic rings. The van der Waals surface area contributed by atoms with Gasteiger partial charge in [-0.25, -0.2) is 0 Å². The highest BCUT2D eigenvalue weighted by Gasteiger charge is 2.38. The Morgan fingerprint density at radius 1 is 1.32 bits per heavy atom. The van der Waals surface area contributed by atoms with E-state index in [-0.39, 0.29) is 0 Å². The third-order valence-corrected chi connectivity index (χ3v) is 6.31. The van der Waals surface area contributed by atoms with Crippen LogP contribution in [-0.2, 0) is 17.7 Å². The molecular formula is C21H30N2OS. The highest BCUT2D eigenvalue weighted by Crippen LogP contribution is 2.37. The molecule has 3 rings (SSSR count). The number of aryl methyl sites for hydroxylation is 3. The summed E-state index contributed by atoms with van der Waals surface area (Å²) in [6, 6.07) is 6.65. The topological polar surface area (TPSA) is 25.4 Å². The van der Waals surface area contributed by atoms with Gasteiger partial charge in [0.25, 0.3) is 0 Å². The maximum Gasteiger partial charge on any atom is 0.0535 e. The molecule has 2 aromatic rings. The van der Waals surface area contributed by atoms with Crippen LogP contribution in [0, 0.1) is 19.3 Å². The first-order valence-corrected chi connectivity index (χ1v) is 10.2. The average Bonchev–Trinajstić information content (AvgIpc) is 3.20. The zero-order valence-electron chi connectivity index (χ0n) is 15.8. The van der Waals surface area contributed by atoms with Crippen molar-refractivity contribution in [1.29, 1.82) is 0 Å². The minimum atomic E-state index is 0.298. The SMILES string of the molecule is CCOCC1(CCc2cc(C)cs2)CCN(Cc2ccc(C)nc2)C1. The maximum absolute atomic E-state index is 5.89. The van der Waals surface area contributed by atoms with Gasteiger partial charge in [0.1, 0.15) is 0 Å². The van der Waals surface area contributed by atoms with E-state index < -0.39 is 0 Å². The fourth-order valence-electron chi connectivity index (χ4n) is 3.74. The molecule has 0 spiro atoms. The highest BCUT2D eigenvalue weighted by atomic mass is 32.1. The number of nitrogens with zero attached hydrogens (tertiary/aromatic N) is 2. The zero-order valence-corrected chi connectivity index (χ0v) is 16.6. The first-order valence-electron chi connectivity index (χ1n) is 9.34.